The molecule has 1 amide bonds. The second-order valence-corrected chi connectivity index (χ2v) is 6.39. The van der Waals surface area contributed by atoms with Gasteiger partial charge in [-0.05, 0) is 24.6 Å². The highest BCUT2D eigenvalue weighted by molar-refractivity contribution is 7.89. The maximum Gasteiger partial charge on any atom is 0.241 e. The summed E-state index contributed by atoms with van der Waals surface area (Å²) in [5, 5.41) is 7.76. The largest absolute Gasteiger partial charge is 0.323 e. The number of hydrogen-bond donors (Lipinski definition) is 3. The van der Waals surface area contributed by atoms with Crippen LogP contribution in [-0.4, -0.2) is 20.4 Å². The van der Waals surface area contributed by atoms with E-state index in [0.717, 1.165) is 12.8 Å². The Morgan fingerprint density at radius 1 is 1.45 bits per heavy atom. The molecule has 5 N–H and O–H groups in total. The van der Waals surface area contributed by atoms with Crippen LogP contribution in [0.1, 0.15) is 26.2 Å². The van der Waals surface area contributed by atoms with Crippen molar-refractivity contribution in [3.8, 4) is 0 Å². The van der Waals surface area contributed by atoms with Gasteiger partial charge in [0.2, 0.25) is 15.9 Å². The fourth-order valence-electron chi connectivity index (χ4n) is 1.56. The molecule has 0 fully saturated rings. The number of carbonyl (C=O) groups excluding carboxylic acids is 1. The second-order valence-electron chi connectivity index (χ2n) is 4.42. The van der Waals surface area contributed by atoms with Crippen molar-refractivity contribution in [2.45, 2.75) is 37.1 Å². The molecule has 1 aromatic carbocycles. The van der Waals surface area contributed by atoms with Crippen LogP contribution in [0, 0.1) is 0 Å². The summed E-state index contributed by atoms with van der Waals surface area (Å²) in [6.07, 6.45) is 2.32. The first kappa shape index (κ1) is 16.9. The van der Waals surface area contributed by atoms with Gasteiger partial charge in [0.05, 0.1) is 21.6 Å². The summed E-state index contributed by atoms with van der Waals surface area (Å²) < 4.78 is 22.5. The Morgan fingerprint density at radius 2 is 2.10 bits per heavy atom. The maximum atomic E-state index is 11.9. The molecule has 0 saturated heterocycles. The number of rotatable bonds is 6. The van der Waals surface area contributed by atoms with Crippen molar-refractivity contribution >= 4 is 33.2 Å². The normalized spacial score (nSPS) is 13.0. The molecule has 0 saturated carbocycles. The van der Waals surface area contributed by atoms with Crippen LogP contribution >= 0.6 is 11.6 Å². The molecule has 1 atom stereocenters. The van der Waals surface area contributed by atoms with E-state index in [0.29, 0.717) is 6.42 Å². The Balaban J connectivity index is 2.89. The highest BCUT2D eigenvalue weighted by Gasteiger charge is 2.16. The third kappa shape index (κ3) is 4.75. The number of benzene rings is 1. The number of halogens is 1. The standard InChI is InChI=1S/C12H18ClN3O3S/c1-2-3-4-10(14)12(17)16-11-7-8(20(15,18)19)5-6-9(11)13/h5-7,10H,2-4,14H2,1H3,(H,16,17)(H2,15,18,19). The van der Waals surface area contributed by atoms with Gasteiger partial charge >= 0.3 is 0 Å². The first-order valence-corrected chi connectivity index (χ1v) is 8.07. The lowest BCUT2D eigenvalue weighted by atomic mass is 10.1. The van der Waals surface area contributed by atoms with E-state index in [2.05, 4.69) is 5.32 Å². The molecule has 1 rings (SSSR count). The number of nitrogens with one attached hydrogen (secondary N) is 1. The number of sulfonamides is 1. The Kier molecular flexibility index (Phi) is 5.94. The van der Waals surface area contributed by atoms with Crippen LogP contribution in [0.4, 0.5) is 5.69 Å². The minimum absolute atomic E-state index is 0.126. The van der Waals surface area contributed by atoms with Gasteiger partial charge in [-0.2, -0.15) is 0 Å². The average molecular weight is 320 g/mol. The zero-order chi connectivity index (χ0) is 15.3. The van der Waals surface area contributed by atoms with Crippen LogP contribution in [0.25, 0.3) is 0 Å². The lowest BCUT2D eigenvalue weighted by Gasteiger charge is -2.13. The van der Waals surface area contributed by atoms with Crippen molar-refractivity contribution < 1.29 is 13.2 Å². The van der Waals surface area contributed by atoms with E-state index < -0.39 is 22.0 Å². The van der Waals surface area contributed by atoms with Crippen molar-refractivity contribution in [1.29, 1.82) is 0 Å². The molecule has 1 unspecified atom stereocenters. The lowest BCUT2D eigenvalue weighted by molar-refractivity contribution is -0.117. The maximum absolute atomic E-state index is 11.9. The van der Waals surface area contributed by atoms with E-state index in [1.165, 1.54) is 18.2 Å². The zero-order valence-electron chi connectivity index (χ0n) is 11.1. The molecule has 1 aromatic rings. The molecule has 0 aliphatic carbocycles. The molecule has 0 radical (unpaired) electrons. The zero-order valence-corrected chi connectivity index (χ0v) is 12.7. The molecule has 112 valence electrons. The summed E-state index contributed by atoms with van der Waals surface area (Å²) in [5.41, 5.74) is 5.90. The highest BCUT2D eigenvalue weighted by atomic mass is 35.5. The van der Waals surface area contributed by atoms with Gasteiger partial charge in [-0.1, -0.05) is 31.4 Å². The first-order valence-electron chi connectivity index (χ1n) is 6.14. The van der Waals surface area contributed by atoms with E-state index in [1.807, 2.05) is 6.92 Å². The quantitative estimate of drug-likeness (QED) is 0.735. The van der Waals surface area contributed by atoms with Gasteiger partial charge < -0.3 is 11.1 Å². The minimum atomic E-state index is -3.85. The van der Waals surface area contributed by atoms with Crippen molar-refractivity contribution in [3.05, 3.63) is 23.2 Å². The molecular weight excluding hydrogens is 302 g/mol. The first-order chi connectivity index (χ1) is 9.25. The fourth-order valence-corrected chi connectivity index (χ4v) is 2.26. The summed E-state index contributed by atoms with van der Waals surface area (Å²) in [6, 6.07) is 3.17. The Bertz CT molecular complexity index is 590. The molecule has 0 spiro atoms. The minimum Gasteiger partial charge on any atom is -0.323 e. The smallest absolute Gasteiger partial charge is 0.241 e. The topological polar surface area (TPSA) is 115 Å². The van der Waals surface area contributed by atoms with E-state index in [1.54, 1.807) is 0 Å². The third-order valence-electron chi connectivity index (χ3n) is 2.73. The van der Waals surface area contributed by atoms with Gasteiger partial charge in [-0.15, -0.1) is 0 Å². The van der Waals surface area contributed by atoms with Gasteiger partial charge in [-0.25, -0.2) is 13.6 Å². The van der Waals surface area contributed by atoms with Crippen LogP contribution in [0.3, 0.4) is 0 Å². The fraction of sp³-hybridized carbons (Fsp3) is 0.417. The molecule has 0 aromatic heterocycles. The number of amides is 1. The van der Waals surface area contributed by atoms with Gasteiger partial charge in [0.15, 0.2) is 0 Å². The molecule has 0 heterocycles. The number of hydrogen-bond acceptors (Lipinski definition) is 4. The van der Waals surface area contributed by atoms with Crippen LogP contribution < -0.4 is 16.2 Å². The summed E-state index contributed by atoms with van der Waals surface area (Å²) in [7, 11) is -3.85. The van der Waals surface area contributed by atoms with E-state index in [4.69, 9.17) is 22.5 Å². The Hall–Kier alpha value is -1.15. The van der Waals surface area contributed by atoms with Crippen molar-refractivity contribution in [2.75, 3.05) is 5.32 Å². The third-order valence-corrected chi connectivity index (χ3v) is 3.97. The summed E-state index contributed by atoms with van der Waals surface area (Å²) in [4.78, 5) is 11.7. The van der Waals surface area contributed by atoms with Crippen molar-refractivity contribution in [2.24, 2.45) is 10.9 Å². The van der Waals surface area contributed by atoms with Gasteiger partial charge in [0.1, 0.15) is 0 Å². The summed E-state index contributed by atoms with van der Waals surface area (Å²) in [5.74, 6) is -0.410. The SMILES string of the molecule is CCCCC(N)C(=O)Nc1cc(S(N)(=O)=O)ccc1Cl. The monoisotopic (exact) mass is 319 g/mol. The molecule has 20 heavy (non-hydrogen) atoms. The number of primary sulfonamides is 1. The molecule has 0 bridgehead atoms. The lowest BCUT2D eigenvalue weighted by Crippen LogP contribution is -2.35. The average Bonchev–Trinajstić information content (AvgIpc) is 2.37. The number of nitrogens with two attached hydrogens (primary N) is 2. The molecule has 8 heteroatoms. The van der Waals surface area contributed by atoms with Crippen LogP contribution in [0.2, 0.25) is 5.02 Å². The molecule has 0 aliphatic heterocycles. The van der Waals surface area contributed by atoms with E-state index >= 15 is 0 Å². The second kappa shape index (κ2) is 7.03. The van der Waals surface area contributed by atoms with E-state index in [-0.39, 0.29) is 15.6 Å². The number of anilines is 1. The number of unbranched alkanes of at least 4 members (excludes halogenated alkanes) is 1. The molecule has 0 aliphatic rings. The van der Waals surface area contributed by atoms with Crippen LogP contribution in [-0.2, 0) is 14.8 Å². The van der Waals surface area contributed by atoms with Crippen LogP contribution in [0.15, 0.2) is 23.1 Å². The Labute approximate surface area is 123 Å². The van der Waals surface area contributed by atoms with Crippen molar-refractivity contribution in [1.82, 2.24) is 0 Å². The van der Waals surface area contributed by atoms with E-state index in [9.17, 15) is 13.2 Å². The summed E-state index contributed by atoms with van der Waals surface area (Å²) in [6.45, 7) is 2.00. The number of carbonyl (C=O) groups is 1. The predicted molar refractivity (Wildman–Crippen MR) is 79.0 cm³/mol. The predicted octanol–water partition coefficient (Wildman–Crippen LogP) is 1.44. The molecular formula is C12H18ClN3O3S. The van der Waals surface area contributed by atoms with Gasteiger partial charge in [-0.3, -0.25) is 4.79 Å². The van der Waals surface area contributed by atoms with Gasteiger partial charge in [0, 0.05) is 0 Å². The highest BCUT2D eigenvalue weighted by Crippen LogP contribution is 2.25. The molecule has 6 nitrogen and oxygen atoms in total. The van der Waals surface area contributed by atoms with Gasteiger partial charge in [0.25, 0.3) is 0 Å². The Morgan fingerprint density at radius 3 is 2.65 bits per heavy atom. The van der Waals surface area contributed by atoms with Crippen LogP contribution in [0.5, 0.6) is 0 Å². The summed E-state index contributed by atoms with van der Waals surface area (Å²) >= 11 is 5.91. The van der Waals surface area contributed by atoms with Crippen molar-refractivity contribution in [3.63, 3.8) is 0 Å².